The van der Waals surface area contributed by atoms with E-state index in [1.165, 1.54) is 0 Å². The van der Waals surface area contributed by atoms with Gasteiger partial charge in [0.25, 0.3) is 0 Å². The summed E-state index contributed by atoms with van der Waals surface area (Å²) in [7, 11) is 0. The number of piperidine rings is 1. The zero-order valence-corrected chi connectivity index (χ0v) is 10.9. The molecule has 1 aromatic heterocycles. The number of pyridine rings is 1. The summed E-state index contributed by atoms with van der Waals surface area (Å²) < 4.78 is 37.8. The number of aromatic nitrogens is 1. The molecule has 0 radical (unpaired) electrons. The van der Waals surface area contributed by atoms with Crippen LogP contribution in [0.25, 0.3) is 0 Å². The van der Waals surface area contributed by atoms with Crippen LogP contribution >= 0.6 is 0 Å². The van der Waals surface area contributed by atoms with E-state index < -0.39 is 12.1 Å². The Balaban J connectivity index is 1.99. The maximum Gasteiger partial charge on any atom is 0.391 e. The van der Waals surface area contributed by atoms with Crippen LogP contribution in [0.4, 0.5) is 24.8 Å². The van der Waals surface area contributed by atoms with Gasteiger partial charge < -0.3 is 10.2 Å². The molecule has 1 aliphatic heterocycles. The van der Waals surface area contributed by atoms with Crippen LogP contribution in [-0.2, 0) is 0 Å². The average molecular weight is 273 g/mol. The lowest BCUT2D eigenvalue weighted by Gasteiger charge is -2.33. The SMILES string of the molecule is CCNc1cccc(N2CCC(C(F)(F)F)CC2)n1. The number of rotatable bonds is 3. The van der Waals surface area contributed by atoms with Crippen LogP contribution in [0.1, 0.15) is 19.8 Å². The van der Waals surface area contributed by atoms with Crippen LogP contribution in [0.5, 0.6) is 0 Å². The molecule has 3 nitrogen and oxygen atoms in total. The van der Waals surface area contributed by atoms with E-state index in [2.05, 4.69) is 10.3 Å². The van der Waals surface area contributed by atoms with Crippen LogP contribution in [0.3, 0.4) is 0 Å². The Morgan fingerprint density at radius 2 is 2.00 bits per heavy atom. The highest BCUT2D eigenvalue weighted by molar-refractivity contribution is 5.47. The molecule has 1 fully saturated rings. The predicted molar refractivity (Wildman–Crippen MR) is 69.4 cm³/mol. The Kier molecular flexibility index (Phi) is 4.17. The number of hydrogen-bond donors (Lipinski definition) is 1. The molecule has 0 aliphatic carbocycles. The first-order valence-corrected chi connectivity index (χ1v) is 6.53. The molecule has 0 atom stereocenters. The van der Waals surface area contributed by atoms with Crippen molar-refractivity contribution >= 4 is 11.6 Å². The summed E-state index contributed by atoms with van der Waals surface area (Å²) in [6.07, 6.45) is -3.77. The van der Waals surface area contributed by atoms with Gasteiger partial charge in [0.05, 0.1) is 5.92 Å². The molecule has 0 bridgehead atoms. The van der Waals surface area contributed by atoms with Crippen molar-refractivity contribution in [3.05, 3.63) is 18.2 Å². The number of alkyl halides is 3. The fourth-order valence-electron chi connectivity index (χ4n) is 2.31. The van der Waals surface area contributed by atoms with Crippen molar-refractivity contribution in [3.63, 3.8) is 0 Å². The van der Waals surface area contributed by atoms with Crippen molar-refractivity contribution < 1.29 is 13.2 Å². The molecule has 19 heavy (non-hydrogen) atoms. The van der Waals surface area contributed by atoms with Gasteiger partial charge in [-0.2, -0.15) is 13.2 Å². The molecule has 2 rings (SSSR count). The highest BCUT2D eigenvalue weighted by Crippen LogP contribution is 2.35. The third-order valence-corrected chi connectivity index (χ3v) is 3.37. The van der Waals surface area contributed by atoms with E-state index in [-0.39, 0.29) is 12.8 Å². The highest BCUT2D eigenvalue weighted by Gasteiger charge is 2.41. The molecule has 0 unspecified atom stereocenters. The Morgan fingerprint density at radius 3 is 2.58 bits per heavy atom. The van der Waals surface area contributed by atoms with E-state index in [9.17, 15) is 13.2 Å². The standard InChI is InChI=1S/C13H18F3N3/c1-2-17-11-4-3-5-12(18-11)19-8-6-10(7-9-19)13(14,15)16/h3-5,10H,2,6-9H2,1H3,(H,17,18). The number of nitrogens with zero attached hydrogens (tertiary/aromatic N) is 2. The van der Waals surface area contributed by atoms with Crippen molar-refractivity contribution in [1.29, 1.82) is 0 Å². The molecule has 1 aromatic rings. The first-order valence-electron chi connectivity index (χ1n) is 6.53. The second-order valence-corrected chi connectivity index (χ2v) is 4.71. The normalized spacial score (nSPS) is 17.6. The third kappa shape index (κ3) is 3.52. The van der Waals surface area contributed by atoms with Gasteiger partial charge in [0.1, 0.15) is 11.6 Å². The Hall–Kier alpha value is -1.46. The Labute approximate surface area is 110 Å². The number of nitrogens with one attached hydrogen (secondary N) is 1. The van der Waals surface area contributed by atoms with Crippen LogP contribution in [0, 0.1) is 5.92 Å². The summed E-state index contributed by atoms with van der Waals surface area (Å²) in [6.45, 7) is 3.56. The highest BCUT2D eigenvalue weighted by atomic mass is 19.4. The van der Waals surface area contributed by atoms with Crippen molar-refractivity contribution in [2.45, 2.75) is 25.9 Å². The summed E-state index contributed by atoms with van der Waals surface area (Å²) in [5, 5.41) is 3.10. The predicted octanol–water partition coefficient (Wildman–Crippen LogP) is 3.29. The molecule has 1 aliphatic rings. The zero-order chi connectivity index (χ0) is 13.9. The van der Waals surface area contributed by atoms with E-state index in [4.69, 9.17) is 0 Å². The zero-order valence-electron chi connectivity index (χ0n) is 10.9. The van der Waals surface area contributed by atoms with Gasteiger partial charge in [-0.25, -0.2) is 4.98 Å². The average Bonchev–Trinajstić information content (AvgIpc) is 2.39. The summed E-state index contributed by atoms with van der Waals surface area (Å²) >= 11 is 0. The van der Waals surface area contributed by atoms with Crippen molar-refractivity contribution in [3.8, 4) is 0 Å². The molecule has 2 heterocycles. The smallest absolute Gasteiger partial charge is 0.370 e. The lowest BCUT2D eigenvalue weighted by Crippen LogP contribution is -2.39. The van der Waals surface area contributed by atoms with Gasteiger partial charge >= 0.3 is 6.18 Å². The lowest BCUT2D eigenvalue weighted by atomic mass is 9.96. The lowest BCUT2D eigenvalue weighted by molar-refractivity contribution is -0.179. The summed E-state index contributed by atoms with van der Waals surface area (Å²) in [5.41, 5.74) is 0. The summed E-state index contributed by atoms with van der Waals surface area (Å²) in [5.74, 6) is 0.345. The van der Waals surface area contributed by atoms with Crippen LogP contribution in [-0.4, -0.2) is 30.8 Å². The van der Waals surface area contributed by atoms with Gasteiger partial charge in [0.2, 0.25) is 0 Å². The molecule has 1 N–H and O–H groups in total. The van der Waals surface area contributed by atoms with Crippen molar-refractivity contribution in [2.75, 3.05) is 29.9 Å². The number of hydrogen-bond acceptors (Lipinski definition) is 3. The second-order valence-electron chi connectivity index (χ2n) is 4.71. The fourth-order valence-corrected chi connectivity index (χ4v) is 2.31. The Bertz CT molecular complexity index is 412. The van der Waals surface area contributed by atoms with E-state index in [0.717, 1.165) is 18.2 Å². The molecule has 1 saturated heterocycles. The quantitative estimate of drug-likeness (QED) is 0.916. The van der Waals surface area contributed by atoms with Crippen molar-refractivity contribution in [1.82, 2.24) is 4.98 Å². The van der Waals surface area contributed by atoms with Crippen LogP contribution in [0.15, 0.2) is 18.2 Å². The van der Waals surface area contributed by atoms with E-state index in [0.29, 0.717) is 13.1 Å². The molecule has 6 heteroatoms. The maximum atomic E-state index is 12.6. The topological polar surface area (TPSA) is 28.2 Å². The third-order valence-electron chi connectivity index (χ3n) is 3.37. The largest absolute Gasteiger partial charge is 0.391 e. The fraction of sp³-hybridized carbons (Fsp3) is 0.615. The van der Waals surface area contributed by atoms with Gasteiger partial charge in [-0.15, -0.1) is 0 Å². The molecular weight excluding hydrogens is 255 g/mol. The van der Waals surface area contributed by atoms with Gasteiger partial charge in [-0.1, -0.05) is 6.07 Å². The monoisotopic (exact) mass is 273 g/mol. The summed E-state index contributed by atoms with van der Waals surface area (Å²) in [4.78, 5) is 6.33. The molecule has 106 valence electrons. The summed E-state index contributed by atoms with van der Waals surface area (Å²) in [6, 6.07) is 5.57. The van der Waals surface area contributed by atoms with Gasteiger partial charge in [0, 0.05) is 19.6 Å². The van der Waals surface area contributed by atoms with E-state index in [1.807, 2.05) is 30.0 Å². The minimum Gasteiger partial charge on any atom is -0.370 e. The minimum absolute atomic E-state index is 0.149. The molecule has 0 saturated carbocycles. The maximum absolute atomic E-state index is 12.6. The van der Waals surface area contributed by atoms with Crippen molar-refractivity contribution in [2.24, 2.45) is 5.92 Å². The van der Waals surface area contributed by atoms with Gasteiger partial charge in [-0.3, -0.25) is 0 Å². The first kappa shape index (κ1) is 14.0. The Morgan fingerprint density at radius 1 is 1.32 bits per heavy atom. The molecule has 0 aromatic carbocycles. The molecule has 0 spiro atoms. The minimum atomic E-state index is -4.06. The molecular formula is C13H18F3N3. The molecule has 0 amide bonds. The van der Waals surface area contributed by atoms with E-state index >= 15 is 0 Å². The van der Waals surface area contributed by atoms with Gasteiger partial charge in [-0.05, 0) is 31.9 Å². The second kappa shape index (κ2) is 5.67. The van der Waals surface area contributed by atoms with E-state index in [1.54, 1.807) is 0 Å². The van der Waals surface area contributed by atoms with Crippen LogP contribution < -0.4 is 10.2 Å². The van der Waals surface area contributed by atoms with Gasteiger partial charge in [0.15, 0.2) is 0 Å². The first-order chi connectivity index (χ1) is 9.00. The number of anilines is 2. The van der Waals surface area contributed by atoms with Crippen LogP contribution in [0.2, 0.25) is 0 Å². The number of halogens is 3.